The van der Waals surface area contributed by atoms with Crippen molar-refractivity contribution in [3.8, 4) is 0 Å². The maximum absolute atomic E-state index is 12.1. The van der Waals surface area contributed by atoms with Crippen LogP contribution in [0.5, 0.6) is 0 Å². The SMILES string of the molecule is Cc1cc(C(=O)NC2(CO)CCCC2)ccn1. The number of carbonyl (C=O) groups is 1. The van der Waals surface area contributed by atoms with Crippen molar-refractivity contribution in [2.45, 2.75) is 38.1 Å². The molecule has 0 bridgehead atoms. The molecule has 0 radical (unpaired) electrons. The maximum Gasteiger partial charge on any atom is 0.251 e. The van der Waals surface area contributed by atoms with Crippen molar-refractivity contribution in [2.24, 2.45) is 0 Å². The van der Waals surface area contributed by atoms with E-state index in [4.69, 9.17) is 0 Å². The smallest absolute Gasteiger partial charge is 0.251 e. The van der Waals surface area contributed by atoms with Gasteiger partial charge in [-0.05, 0) is 31.9 Å². The van der Waals surface area contributed by atoms with Crippen molar-refractivity contribution in [3.63, 3.8) is 0 Å². The minimum Gasteiger partial charge on any atom is -0.394 e. The number of amides is 1. The third-order valence-corrected chi connectivity index (χ3v) is 3.40. The minimum atomic E-state index is -0.408. The van der Waals surface area contributed by atoms with Crippen LogP contribution in [0.2, 0.25) is 0 Å². The number of rotatable bonds is 3. The van der Waals surface area contributed by atoms with Crippen LogP contribution in [0.15, 0.2) is 18.3 Å². The van der Waals surface area contributed by atoms with Gasteiger partial charge in [-0.3, -0.25) is 9.78 Å². The number of aromatic nitrogens is 1. The second-order valence-electron chi connectivity index (χ2n) is 4.79. The van der Waals surface area contributed by atoms with E-state index < -0.39 is 5.54 Å². The fourth-order valence-electron chi connectivity index (χ4n) is 2.37. The highest BCUT2D eigenvalue weighted by molar-refractivity contribution is 5.94. The van der Waals surface area contributed by atoms with Gasteiger partial charge in [-0.1, -0.05) is 12.8 Å². The van der Waals surface area contributed by atoms with Crippen LogP contribution in [0.3, 0.4) is 0 Å². The topological polar surface area (TPSA) is 62.2 Å². The number of aryl methyl sites for hydroxylation is 1. The molecule has 17 heavy (non-hydrogen) atoms. The van der Waals surface area contributed by atoms with E-state index in [0.29, 0.717) is 5.56 Å². The first-order valence-corrected chi connectivity index (χ1v) is 6.01. The van der Waals surface area contributed by atoms with Gasteiger partial charge in [-0.15, -0.1) is 0 Å². The second-order valence-corrected chi connectivity index (χ2v) is 4.79. The van der Waals surface area contributed by atoms with Gasteiger partial charge in [-0.2, -0.15) is 0 Å². The Kier molecular flexibility index (Phi) is 3.43. The number of carbonyl (C=O) groups excluding carboxylic acids is 1. The van der Waals surface area contributed by atoms with Crippen molar-refractivity contribution in [1.29, 1.82) is 0 Å². The molecule has 4 heteroatoms. The van der Waals surface area contributed by atoms with E-state index in [1.54, 1.807) is 18.3 Å². The Hall–Kier alpha value is -1.42. The highest BCUT2D eigenvalue weighted by atomic mass is 16.3. The molecule has 1 aromatic heterocycles. The summed E-state index contributed by atoms with van der Waals surface area (Å²) in [6, 6.07) is 3.46. The van der Waals surface area contributed by atoms with E-state index in [1.165, 1.54) is 0 Å². The molecular weight excluding hydrogens is 216 g/mol. The molecule has 2 N–H and O–H groups in total. The quantitative estimate of drug-likeness (QED) is 0.831. The van der Waals surface area contributed by atoms with Gasteiger partial charge in [0, 0.05) is 17.5 Å². The highest BCUT2D eigenvalue weighted by Gasteiger charge is 2.34. The van der Waals surface area contributed by atoms with Crippen molar-refractivity contribution in [3.05, 3.63) is 29.6 Å². The molecule has 1 aliphatic carbocycles. The summed E-state index contributed by atoms with van der Waals surface area (Å²) in [5, 5.41) is 12.4. The van der Waals surface area contributed by atoms with Gasteiger partial charge < -0.3 is 10.4 Å². The predicted molar refractivity (Wildman–Crippen MR) is 64.7 cm³/mol. The first kappa shape index (κ1) is 12.0. The zero-order chi connectivity index (χ0) is 12.3. The van der Waals surface area contributed by atoms with E-state index >= 15 is 0 Å². The molecule has 0 atom stereocenters. The van der Waals surface area contributed by atoms with Crippen LogP contribution in [0.25, 0.3) is 0 Å². The lowest BCUT2D eigenvalue weighted by atomic mass is 9.98. The van der Waals surface area contributed by atoms with Crippen LogP contribution in [0, 0.1) is 6.92 Å². The zero-order valence-corrected chi connectivity index (χ0v) is 10.1. The fourth-order valence-corrected chi connectivity index (χ4v) is 2.37. The first-order valence-electron chi connectivity index (χ1n) is 6.01. The number of hydrogen-bond donors (Lipinski definition) is 2. The van der Waals surface area contributed by atoms with Gasteiger partial charge in [0.1, 0.15) is 0 Å². The molecule has 4 nitrogen and oxygen atoms in total. The molecule has 0 aliphatic heterocycles. The number of nitrogens with one attached hydrogen (secondary N) is 1. The largest absolute Gasteiger partial charge is 0.394 e. The summed E-state index contributed by atoms with van der Waals surface area (Å²) in [6.45, 7) is 1.87. The molecular formula is C13H18N2O2. The number of aliphatic hydroxyl groups excluding tert-OH is 1. The molecule has 0 aromatic carbocycles. The second kappa shape index (κ2) is 4.84. The Balaban J connectivity index is 2.11. The van der Waals surface area contributed by atoms with Crippen LogP contribution in [-0.4, -0.2) is 28.1 Å². The number of aliphatic hydroxyl groups is 1. The summed E-state index contributed by atoms with van der Waals surface area (Å²) in [6.07, 6.45) is 5.48. The van der Waals surface area contributed by atoms with Gasteiger partial charge in [0.2, 0.25) is 0 Å². The third kappa shape index (κ3) is 2.64. The van der Waals surface area contributed by atoms with Gasteiger partial charge in [-0.25, -0.2) is 0 Å². The Morgan fingerprint density at radius 1 is 1.53 bits per heavy atom. The molecule has 1 aliphatic rings. The molecule has 2 rings (SSSR count). The van der Waals surface area contributed by atoms with Crippen molar-refractivity contribution >= 4 is 5.91 Å². The first-order chi connectivity index (χ1) is 8.15. The van der Waals surface area contributed by atoms with E-state index in [2.05, 4.69) is 10.3 Å². The predicted octanol–water partition coefficient (Wildman–Crippen LogP) is 1.42. The normalized spacial score (nSPS) is 18.0. The van der Waals surface area contributed by atoms with E-state index in [1.807, 2.05) is 6.92 Å². The number of hydrogen-bond acceptors (Lipinski definition) is 3. The Bertz CT molecular complexity index is 412. The molecule has 1 amide bonds. The van der Waals surface area contributed by atoms with Gasteiger partial charge >= 0.3 is 0 Å². The van der Waals surface area contributed by atoms with Crippen LogP contribution < -0.4 is 5.32 Å². The molecule has 0 spiro atoms. The van der Waals surface area contributed by atoms with E-state index in [9.17, 15) is 9.90 Å². The Labute approximate surface area is 101 Å². The van der Waals surface area contributed by atoms with Crippen molar-refractivity contribution in [2.75, 3.05) is 6.61 Å². The lowest BCUT2D eigenvalue weighted by Gasteiger charge is -2.28. The molecule has 1 saturated carbocycles. The van der Waals surface area contributed by atoms with Crippen LogP contribution >= 0.6 is 0 Å². The monoisotopic (exact) mass is 234 g/mol. The third-order valence-electron chi connectivity index (χ3n) is 3.40. The lowest BCUT2D eigenvalue weighted by Crippen LogP contribution is -2.49. The summed E-state index contributed by atoms with van der Waals surface area (Å²) in [7, 11) is 0. The molecule has 1 fully saturated rings. The van der Waals surface area contributed by atoms with Crippen molar-refractivity contribution in [1.82, 2.24) is 10.3 Å². The van der Waals surface area contributed by atoms with E-state index in [-0.39, 0.29) is 12.5 Å². The van der Waals surface area contributed by atoms with Crippen LogP contribution in [0.1, 0.15) is 41.7 Å². The zero-order valence-electron chi connectivity index (χ0n) is 10.1. The molecule has 92 valence electrons. The molecule has 1 heterocycles. The standard InChI is InChI=1S/C13H18N2O2/c1-10-8-11(4-7-14-10)12(17)15-13(9-16)5-2-3-6-13/h4,7-8,16H,2-3,5-6,9H2,1H3,(H,15,17). The van der Waals surface area contributed by atoms with Gasteiger partial charge in [0.15, 0.2) is 0 Å². The summed E-state index contributed by atoms with van der Waals surface area (Å²) in [4.78, 5) is 16.1. The summed E-state index contributed by atoms with van der Waals surface area (Å²) < 4.78 is 0. The van der Waals surface area contributed by atoms with E-state index in [0.717, 1.165) is 31.4 Å². The number of nitrogens with zero attached hydrogens (tertiary/aromatic N) is 1. The van der Waals surface area contributed by atoms with Crippen LogP contribution in [0.4, 0.5) is 0 Å². The van der Waals surface area contributed by atoms with Crippen LogP contribution in [-0.2, 0) is 0 Å². The Morgan fingerprint density at radius 2 is 2.24 bits per heavy atom. The summed E-state index contributed by atoms with van der Waals surface area (Å²) in [5.41, 5.74) is 1.02. The number of pyridine rings is 1. The maximum atomic E-state index is 12.1. The molecule has 0 saturated heterocycles. The average Bonchev–Trinajstić information content (AvgIpc) is 2.78. The average molecular weight is 234 g/mol. The lowest BCUT2D eigenvalue weighted by molar-refractivity contribution is 0.0838. The van der Waals surface area contributed by atoms with Gasteiger partial charge in [0.05, 0.1) is 12.1 Å². The molecule has 1 aromatic rings. The summed E-state index contributed by atoms with van der Waals surface area (Å²) >= 11 is 0. The minimum absolute atomic E-state index is 0.0167. The van der Waals surface area contributed by atoms with Gasteiger partial charge in [0.25, 0.3) is 5.91 Å². The fraction of sp³-hybridized carbons (Fsp3) is 0.538. The van der Waals surface area contributed by atoms with Crippen molar-refractivity contribution < 1.29 is 9.90 Å². The highest BCUT2D eigenvalue weighted by Crippen LogP contribution is 2.29. The Morgan fingerprint density at radius 3 is 2.82 bits per heavy atom. The molecule has 0 unspecified atom stereocenters. The summed E-state index contributed by atoms with van der Waals surface area (Å²) in [5.74, 6) is -0.119.